The number of nitrogens with two attached hydrogens (primary N) is 1. The normalized spacial score (nSPS) is 17.0. The molecule has 7 heteroatoms. The first-order chi connectivity index (χ1) is 12.6. The van der Waals surface area contributed by atoms with Gasteiger partial charge in [0.1, 0.15) is 12.6 Å². The minimum Gasteiger partial charge on any atom is -0.369 e. The van der Waals surface area contributed by atoms with Gasteiger partial charge in [0.25, 0.3) is 5.91 Å². The SMILES string of the molecule is NC(=O)c1ccccc1NC(=O)C1COCC(=O)N1Cc1ccccc1. The molecule has 7 nitrogen and oxygen atoms in total. The zero-order chi connectivity index (χ0) is 18.5. The Hall–Kier alpha value is -3.19. The molecular weight excluding hydrogens is 334 g/mol. The number of nitrogens with one attached hydrogen (secondary N) is 1. The van der Waals surface area contributed by atoms with Crippen molar-refractivity contribution in [2.75, 3.05) is 18.5 Å². The number of hydrogen-bond acceptors (Lipinski definition) is 4. The van der Waals surface area contributed by atoms with E-state index in [2.05, 4.69) is 5.32 Å². The summed E-state index contributed by atoms with van der Waals surface area (Å²) in [5, 5.41) is 2.68. The maximum atomic E-state index is 12.8. The predicted molar refractivity (Wildman–Crippen MR) is 95.2 cm³/mol. The van der Waals surface area contributed by atoms with E-state index >= 15 is 0 Å². The summed E-state index contributed by atoms with van der Waals surface area (Å²) >= 11 is 0. The first-order valence-corrected chi connectivity index (χ1v) is 8.17. The van der Waals surface area contributed by atoms with Crippen LogP contribution in [0.4, 0.5) is 5.69 Å². The molecule has 1 saturated heterocycles. The van der Waals surface area contributed by atoms with E-state index in [1.807, 2.05) is 30.3 Å². The third kappa shape index (κ3) is 3.89. The first-order valence-electron chi connectivity index (χ1n) is 8.17. The molecular formula is C19H19N3O4. The monoisotopic (exact) mass is 353 g/mol. The number of para-hydroxylation sites is 1. The summed E-state index contributed by atoms with van der Waals surface area (Å²) in [6, 6.07) is 15.1. The van der Waals surface area contributed by atoms with Gasteiger partial charge in [-0.1, -0.05) is 42.5 Å². The molecule has 2 aromatic rings. The number of carbonyl (C=O) groups is 3. The van der Waals surface area contributed by atoms with Gasteiger partial charge in [-0.2, -0.15) is 0 Å². The van der Waals surface area contributed by atoms with Gasteiger partial charge in [0, 0.05) is 6.54 Å². The van der Waals surface area contributed by atoms with Crippen LogP contribution in [0.15, 0.2) is 54.6 Å². The Morgan fingerprint density at radius 2 is 1.81 bits per heavy atom. The van der Waals surface area contributed by atoms with Crippen molar-refractivity contribution in [1.29, 1.82) is 0 Å². The molecule has 1 fully saturated rings. The maximum Gasteiger partial charge on any atom is 0.250 e. The van der Waals surface area contributed by atoms with Gasteiger partial charge in [-0.05, 0) is 17.7 Å². The summed E-state index contributed by atoms with van der Waals surface area (Å²) in [6.07, 6.45) is 0. The summed E-state index contributed by atoms with van der Waals surface area (Å²) in [5.74, 6) is -1.33. The van der Waals surface area contributed by atoms with E-state index in [0.717, 1.165) is 5.56 Å². The number of anilines is 1. The van der Waals surface area contributed by atoms with Crippen molar-refractivity contribution in [2.24, 2.45) is 5.73 Å². The number of morpholine rings is 1. The predicted octanol–water partition coefficient (Wildman–Crippen LogP) is 1.15. The van der Waals surface area contributed by atoms with Gasteiger partial charge >= 0.3 is 0 Å². The Kier molecular flexibility index (Phi) is 5.28. The molecule has 3 rings (SSSR count). The Labute approximate surface area is 150 Å². The van der Waals surface area contributed by atoms with E-state index in [1.165, 1.54) is 11.0 Å². The van der Waals surface area contributed by atoms with Gasteiger partial charge < -0.3 is 20.7 Å². The van der Waals surface area contributed by atoms with E-state index < -0.39 is 17.9 Å². The molecule has 0 spiro atoms. The largest absolute Gasteiger partial charge is 0.369 e. The van der Waals surface area contributed by atoms with Crippen molar-refractivity contribution >= 4 is 23.4 Å². The van der Waals surface area contributed by atoms with E-state index in [9.17, 15) is 14.4 Å². The minimum absolute atomic E-state index is 0.0610. The van der Waals surface area contributed by atoms with Gasteiger partial charge in [-0.3, -0.25) is 14.4 Å². The molecule has 1 aliphatic rings. The van der Waals surface area contributed by atoms with Crippen molar-refractivity contribution in [2.45, 2.75) is 12.6 Å². The van der Waals surface area contributed by atoms with Gasteiger partial charge in [0.2, 0.25) is 11.8 Å². The quantitative estimate of drug-likeness (QED) is 0.842. The molecule has 0 radical (unpaired) electrons. The zero-order valence-electron chi connectivity index (χ0n) is 14.1. The molecule has 0 aromatic heterocycles. The lowest BCUT2D eigenvalue weighted by molar-refractivity contribution is -0.154. The second-order valence-corrected chi connectivity index (χ2v) is 5.94. The van der Waals surface area contributed by atoms with Crippen LogP contribution in [0.1, 0.15) is 15.9 Å². The summed E-state index contributed by atoms with van der Waals surface area (Å²) < 4.78 is 5.26. The van der Waals surface area contributed by atoms with Crippen LogP contribution < -0.4 is 11.1 Å². The van der Waals surface area contributed by atoms with Crippen LogP contribution in [0.5, 0.6) is 0 Å². The highest BCUT2D eigenvalue weighted by Crippen LogP contribution is 2.18. The number of rotatable bonds is 5. The summed E-state index contributed by atoms with van der Waals surface area (Å²) in [4.78, 5) is 38.0. The Morgan fingerprint density at radius 1 is 1.12 bits per heavy atom. The lowest BCUT2D eigenvalue weighted by Crippen LogP contribution is -2.54. The van der Waals surface area contributed by atoms with Crippen molar-refractivity contribution in [1.82, 2.24) is 4.90 Å². The highest BCUT2D eigenvalue weighted by molar-refractivity contribution is 6.05. The number of ether oxygens (including phenoxy) is 1. The molecule has 0 saturated carbocycles. The van der Waals surface area contributed by atoms with Gasteiger partial charge in [-0.15, -0.1) is 0 Å². The van der Waals surface area contributed by atoms with Gasteiger partial charge in [0.05, 0.1) is 17.9 Å². The Bertz CT molecular complexity index is 823. The van der Waals surface area contributed by atoms with E-state index in [1.54, 1.807) is 18.2 Å². The van der Waals surface area contributed by atoms with Crippen LogP contribution in [0.2, 0.25) is 0 Å². The molecule has 3 amide bonds. The third-order valence-corrected chi connectivity index (χ3v) is 4.15. The summed E-state index contributed by atoms with van der Waals surface area (Å²) in [7, 11) is 0. The highest BCUT2D eigenvalue weighted by Gasteiger charge is 2.34. The van der Waals surface area contributed by atoms with Crippen LogP contribution >= 0.6 is 0 Å². The van der Waals surface area contributed by atoms with Gasteiger partial charge in [0.15, 0.2) is 0 Å². The summed E-state index contributed by atoms with van der Waals surface area (Å²) in [6.45, 7) is 0.330. The number of hydrogen-bond donors (Lipinski definition) is 2. The van der Waals surface area contributed by atoms with Crippen molar-refractivity contribution in [3.05, 3.63) is 65.7 Å². The van der Waals surface area contributed by atoms with Crippen molar-refractivity contribution in [3.63, 3.8) is 0 Å². The number of primary amides is 1. The number of carbonyl (C=O) groups excluding carboxylic acids is 3. The van der Waals surface area contributed by atoms with Crippen LogP contribution in [-0.2, 0) is 20.9 Å². The second-order valence-electron chi connectivity index (χ2n) is 5.94. The third-order valence-electron chi connectivity index (χ3n) is 4.15. The molecule has 3 N–H and O–H groups in total. The fraction of sp³-hybridized carbons (Fsp3) is 0.211. The molecule has 26 heavy (non-hydrogen) atoms. The number of amides is 3. The first kappa shape index (κ1) is 17.6. The van der Waals surface area contributed by atoms with E-state index in [0.29, 0.717) is 12.2 Å². The van der Waals surface area contributed by atoms with Crippen molar-refractivity contribution in [3.8, 4) is 0 Å². The van der Waals surface area contributed by atoms with E-state index in [4.69, 9.17) is 10.5 Å². The fourth-order valence-electron chi connectivity index (χ4n) is 2.82. The summed E-state index contributed by atoms with van der Waals surface area (Å²) in [5.41, 5.74) is 6.77. The second kappa shape index (κ2) is 7.79. The van der Waals surface area contributed by atoms with Gasteiger partial charge in [-0.25, -0.2) is 0 Å². The standard InChI is InChI=1S/C19H19N3O4/c20-18(24)14-8-4-5-9-15(14)21-19(25)16-11-26-12-17(23)22(16)10-13-6-2-1-3-7-13/h1-9,16H,10-12H2,(H2,20,24)(H,21,25). The fourth-order valence-corrected chi connectivity index (χ4v) is 2.82. The van der Waals surface area contributed by atoms with Crippen molar-refractivity contribution < 1.29 is 19.1 Å². The average Bonchev–Trinajstić information content (AvgIpc) is 2.64. The smallest absolute Gasteiger partial charge is 0.250 e. The lowest BCUT2D eigenvalue weighted by Gasteiger charge is -2.34. The number of benzene rings is 2. The minimum atomic E-state index is -0.794. The Balaban J connectivity index is 1.80. The van der Waals surface area contributed by atoms with E-state index in [-0.39, 0.29) is 24.7 Å². The van der Waals surface area contributed by atoms with Crippen LogP contribution in [0.25, 0.3) is 0 Å². The molecule has 1 atom stereocenters. The number of nitrogens with zero attached hydrogens (tertiary/aromatic N) is 1. The molecule has 1 heterocycles. The lowest BCUT2D eigenvalue weighted by atomic mass is 10.1. The molecule has 0 aliphatic carbocycles. The topological polar surface area (TPSA) is 102 Å². The molecule has 1 unspecified atom stereocenters. The zero-order valence-corrected chi connectivity index (χ0v) is 14.1. The highest BCUT2D eigenvalue weighted by atomic mass is 16.5. The molecule has 134 valence electrons. The van der Waals surface area contributed by atoms with Crippen LogP contribution in [0, 0.1) is 0 Å². The van der Waals surface area contributed by atoms with Crippen LogP contribution in [0.3, 0.4) is 0 Å². The molecule has 0 bridgehead atoms. The Morgan fingerprint density at radius 3 is 2.54 bits per heavy atom. The van der Waals surface area contributed by atoms with Crippen LogP contribution in [-0.4, -0.2) is 41.9 Å². The maximum absolute atomic E-state index is 12.8. The molecule has 2 aromatic carbocycles. The molecule has 1 aliphatic heterocycles. The average molecular weight is 353 g/mol.